The summed E-state index contributed by atoms with van der Waals surface area (Å²) >= 11 is 2.07. The van der Waals surface area contributed by atoms with E-state index in [2.05, 4.69) is 55.1 Å². The van der Waals surface area contributed by atoms with Crippen LogP contribution in [0.15, 0.2) is 41.3 Å². The van der Waals surface area contributed by atoms with Gasteiger partial charge in [0.15, 0.2) is 0 Å². The first-order chi connectivity index (χ1) is 7.31. The Labute approximate surface area is 95.8 Å². The van der Waals surface area contributed by atoms with Crippen molar-refractivity contribution in [2.75, 3.05) is 0 Å². The van der Waals surface area contributed by atoms with Gasteiger partial charge in [0.05, 0.1) is 0 Å². The maximum absolute atomic E-state index is 2.43. The molecule has 0 spiro atoms. The van der Waals surface area contributed by atoms with Gasteiger partial charge in [0.2, 0.25) is 0 Å². The van der Waals surface area contributed by atoms with Gasteiger partial charge >= 0.3 is 0 Å². The van der Waals surface area contributed by atoms with Crippen LogP contribution in [0.3, 0.4) is 0 Å². The molecule has 15 heavy (non-hydrogen) atoms. The van der Waals surface area contributed by atoms with E-state index in [1.165, 1.54) is 23.3 Å². The summed E-state index contributed by atoms with van der Waals surface area (Å²) in [6, 6.07) is 8.95. The van der Waals surface area contributed by atoms with E-state index in [0.29, 0.717) is 0 Å². The van der Waals surface area contributed by atoms with Crippen LogP contribution in [0, 0.1) is 18.8 Å². The number of thioether (sulfide) groups is 1. The topological polar surface area (TPSA) is 0 Å². The minimum atomic E-state index is 0.836. The van der Waals surface area contributed by atoms with Crippen LogP contribution in [0.4, 0.5) is 0 Å². The summed E-state index contributed by atoms with van der Waals surface area (Å²) in [6.45, 7) is 2.15. The Morgan fingerprint density at radius 3 is 2.47 bits per heavy atom. The molecule has 0 amide bonds. The van der Waals surface area contributed by atoms with Crippen LogP contribution in [-0.4, -0.2) is 5.25 Å². The normalized spacial score (nSPS) is 32.5. The first kappa shape index (κ1) is 9.53. The molecular weight excluding hydrogens is 200 g/mol. The largest absolute Gasteiger partial charge is 0.122 e. The van der Waals surface area contributed by atoms with Crippen LogP contribution in [0.2, 0.25) is 0 Å². The zero-order valence-corrected chi connectivity index (χ0v) is 9.84. The second-order valence-corrected chi connectivity index (χ2v) is 6.06. The van der Waals surface area contributed by atoms with Gasteiger partial charge in [0.25, 0.3) is 0 Å². The molecular formula is C14H16S. The molecule has 2 aliphatic carbocycles. The molecule has 3 rings (SSSR count). The number of fused-ring (bicyclic) bond motifs is 2. The van der Waals surface area contributed by atoms with Crippen molar-refractivity contribution in [3.8, 4) is 0 Å². The molecule has 0 N–H and O–H groups in total. The van der Waals surface area contributed by atoms with E-state index in [1.807, 2.05) is 0 Å². The maximum atomic E-state index is 2.43. The van der Waals surface area contributed by atoms with E-state index in [4.69, 9.17) is 0 Å². The molecule has 2 aliphatic rings. The standard InChI is InChI=1S/C14H16S/c1-10-2-6-13(7-3-10)15-14-9-11-4-5-12(14)8-11/h2-7,11-12,14H,8-9H2,1H3/t11-,12+,14-/m1/s1. The number of allylic oxidation sites excluding steroid dienone is 2. The molecule has 1 aromatic rings. The van der Waals surface area contributed by atoms with Gasteiger partial charge in [-0.25, -0.2) is 0 Å². The Balaban J connectivity index is 1.71. The molecule has 0 radical (unpaired) electrons. The third-order valence-electron chi connectivity index (χ3n) is 3.53. The minimum absolute atomic E-state index is 0.836. The molecule has 0 unspecified atom stereocenters. The fraction of sp³-hybridized carbons (Fsp3) is 0.429. The molecule has 0 aliphatic heterocycles. The number of hydrogen-bond donors (Lipinski definition) is 0. The summed E-state index contributed by atoms with van der Waals surface area (Å²) in [5.41, 5.74) is 1.35. The predicted octanol–water partition coefficient (Wildman–Crippen LogP) is 4.05. The molecule has 0 aromatic heterocycles. The Bertz CT molecular complexity index is 377. The summed E-state index contributed by atoms with van der Waals surface area (Å²) in [7, 11) is 0. The summed E-state index contributed by atoms with van der Waals surface area (Å²) < 4.78 is 0. The van der Waals surface area contributed by atoms with Crippen molar-refractivity contribution >= 4 is 11.8 Å². The molecule has 1 fully saturated rings. The smallest absolute Gasteiger partial charge is 0.0163 e. The van der Waals surface area contributed by atoms with E-state index >= 15 is 0 Å². The Kier molecular flexibility index (Phi) is 2.36. The zero-order valence-electron chi connectivity index (χ0n) is 9.02. The van der Waals surface area contributed by atoms with Gasteiger partial charge in [-0.2, -0.15) is 0 Å². The highest BCUT2D eigenvalue weighted by atomic mass is 32.2. The van der Waals surface area contributed by atoms with Gasteiger partial charge in [0.1, 0.15) is 0 Å². The van der Waals surface area contributed by atoms with Crippen molar-refractivity contribution in [2.24, 2.45) is 11.8 Å². The molecule has 0 saturated heterocycles. The first-order valence-electron chi connectivity index (χ1n) is 5.73. The fourth-order valence-corrected chi connectivity index (χ4v) is 4.02. The molecule has 1 saturated carbocycles. The van der Waals surface area contributed by atoms with Crippen molar-refractivity contribution in [1.29, 1.82) is 0 Å². The average Bonchev–Trinajstić information content (AvgIpc) is 2.83. The zero-order chi connectivity index (χ0) is 10.3. The van der Waals surface area contributed by atoms with Gasteiger partial charge in [-0.05, 0) is 43.7 Å². The first-order valence-corrected chi connectivity index (χ1v) is 6.61. The summed E-state index contributed by atoms with van der Waals surface area (Å²) in [6.07, 6.45) is 7.64. The molecule has 0 nitrogen and oxygen atoms in total. The van der Waals surface area contributed by atoms with Crippen LogP contribution >= 0.6 is 11.8 Å². The molecule has 78 valence electrons. The average molecular weight is 216 g/mol. The highest BCUT2D eigenvalue weighted by Crippen LogP contribution is 2.46. The van der Waals surface area contributed by atoms with Crippen LogP contribution < -0.4 is 0 Å². The predicted molar refractivity (Wildman–Crippen MR) is 66.2 cm³/mol. The molecule has 1 aromatic carbocycles. The lowest BCUT2D eigenvalue weighted by Crippen LogP contribution is -2.08. The van der Waals surface area contributed by atoms with E-state index in [9.17, 15) is 0 Å². The highest BCUT2D eigenvalue weighted by Gasteiger charge is 2.35. The van der Waals surface area contributed by atoms with Crippen molar-refractivity contribution in [3.63, 3.8) is 0 Å². The summed E-state index contributed by atoms with van der Waals surface area (Å²) in [5, 5.41) is 0.836. The Morgan fingerprint density at radius 2 is 1.87 bits per heavy atom. The van der Waals surface area contributed by atoms with Crippen molar-refractivity contribution < 1.29 is 0 Å². The van der Waals surface area contributed by atoms with Crippen molar-refractivity contribution in [1.82, 2.24) is 0 Å². The third-order valence-corrected chi connectivity index (χ3v) is 4.92. The van der Waals surface area contributed by atoms with Crippen LogP contribution in [-0.2, 0) is 0 Å². The van der Waals surface area contributed by atoms with E-state index in [1.54, 1.807) is 0 Å². The van der Waals surface area contributed by atoms with Crippen LogP contribution in [0.25, 0.3) is 0 Å². The molecule has 1 heteroatoms. The van der Waals surface area contributed by atoms with Crippen LogP contribution in [0.1, 0.15) is 18.4 Å². The summed E-state index contributed by atoms with van der Waals surface area (Å²) in [4.78, 5) is 1.44. The van der Waals surface area contributed by atoms with E-state index < -0.39 is 0 Å². The monoisotopic (exact) mass is 216 g/mol. The number of benzene rings is 1. The Hall–Kier alpha value is -0.690. The maximum Gasteiger partial charge on any atom is 0.0163 e. The SMILES string of the molecule is Cc1ccc(S[C@@H]2C[C@@H]3C=C[C@H]2C3)cc1. The van der Waals surface area contributed by atoms with Gasteiger partial charge in [-0.1, -0.05) is 29.8 Å². The Morgan fingerprint density at radius 1 is 1.07 bits per heavy atom. The van der Waals surface area contributed by atoms with Crippen molar-refractivity contribution in [3.05, 3.63) is 42.0 Å². The lowest BCUT2D eigenvalue weighted by atomic mass is 10.1. The van der Waals surface area contributed by atoms with Gasteiger partial charge in [-0.15, -0.1) is 11.8 Å². The molecule has 0 heterocycles. The second kappa shape index (κ2) is 3.71. The number of hydrogen-bond acceptors (Lipinski definition) is 1. The van der Waals surface area contributed by atoms with Gasteiger partial charge in [-0.3, -0.25) is 0 Å². The summed E-state index contributed by atoms with van der Waals surface area (Å²) in [5.74, 6) is 1.74. The number of aryl methyl sites for hydroxylation is 1. The quantitative estimate of drug-likeness (QED) is 0.672. The van der Waals surface area contributed by atoms with Crippen LogP contribution in [0.5, 0.6) is 0 Å². The molecule has 3 atom stereocenters. The lowest BCUT2D eigenvalue weighted by molar-refractivity contribution is 0.692. The van der Waals surface area contributed by atoms with E-state index in [-0.39, 0.29) is 0 Å². The van der Waals surface area contributed by atoms with Gasteiger partial charge in [0, 0.05) is 10.1 Å². The van der Waals surface area contributed by atoms with Gasteiger partial charge < -0.3 is 0 Å². The minimum Gasteiger partial charge on any atom is -0.122 e. The van der Waals surface area contributed by atoms with Crippen molar-refractivity contribution in [2.45, 2.75) is 29.9 Å². The third kappa shape index (κ3) is 1.85. The van der Waals surface area contributed by atoms with E-state index in [0.717, 1.165) is 17.1 Å². The fourth-order valence-electron chi connectivity index (χ4n) is 2.66. The number of rotatable bonds is 2. The second-order valence-electron chi connectivity index (χ2n) is 4.75. The lowest BCUT2D eigenvalue weighted by Gasteiger charge is -2.17. The molecule has 2 bridgehead atoms. The highest BCUT2D eigenvalue weighted by molar-refractivity contribution is 8.00.